The van der Waals surface area contributed by atoms with Gasteiger partial charge in [0.2, 0.25) is 0 Å². The van der Waals surface area contributed by atoms with Gasteiger partial charge in [-0.3, -0.25) is 0 Å². The van der Waals surface area contributed by atoms with Crippen molar-refractivity contribution in [2.45, 2.75) is 18.2 Å². The smallest absolute Gasteiger partial charge is 0.139 e. The molecule has 0 saturated carbocycles. The maximum Gasteiger partial charge on any atom is 0.139 e. The first-order chi connectivity index (χ1) is 4.52. The lowest BCUT2D eigenvalue weighted by Gasteiger charge is -2.22. The van der Waals surface area contributed by atoms with Gasteiger partial charge in [0.05, 0.1) is 19.3 Å². The summed E-state index contributed by atoms with van der Waals surface area (Å²) in [6.07, 6.45) is -1.32. The zero-order valence-electron chi connectivity index (χ0n) is 5.56. The molecule has 2 unspecified atom stereocenters. The molecule has 0 bridgehead atoms. The Bertz CT molecular complexity index is 95.6. The van der Waals surface area contributed by atoms with Crippen molar-refractivity contribution >= 4 is 0 Å². The maximum absolute atomic E-state index is 8.88. The molecule has 0 rings (SSSR count). The minimum atomic E-state index is -1.79. The van der Waals surface area contributed by atoms with Crippen LogP contribution in [0.4, 0.5) is 0 Å². The second-order valence-electron chi connectivity index (χ2n) is 2.30. The van der Waals surface area contributed by atoms with Gasteiger partial charge in [-0.1, -0.05) is 0 Å². The van der Waals surface area contributed by atoms with E-state index in [-0.39, 0.29) is 6.42 Å². The Kier molecular flexibility index (Phi) is 3.77. The van der Waals surface area contributed by atoms with Crippen LogP contribution in [0.25, 0.3) is 0 Å². The van der Waals surface area contributed by atoms with E-state index in [4.69, 9.17) is 26.2 Å². The Morgan fingerprint density at radius 3 is 2.20 bits per heavy atom. The zero-order valence-corrected chi connectivity index (χ0v) is 5.56. The summed E-state index contributed by atoms with van der Waals surface area (Å²) < 4.78 is 0. The van der Waals surface area contributed by atoms with E-state index in [0.717, 1.165) is 0 Å². The quantitative estimate of drug-likeness (QED) is 0.282. The van der Waals surface area contributed by atoms with Crippen molar-refractivity contribution in [2.24, 2.45) is 5.73 Å². The highest BCUT2D eigenvalue weighted by molar-refractivity contribution is 4.72. The number of aliphatic hydroxyl groups is 4. The molecule has 0 aromatic carbocycles. The van der Waals surface area contributed by atoms with Crippen LogP contribution in [0.2, 0.25) is 0 Å². The molecule has 0 aromatic rings. The van der Waals surface area contributed by atoms with Crippen LogP contribution in [0.5, 0.6) is 0 Å². The first kappa shape index (κ1) is 9.80. The average Bonchev–Trinajstić information content (AvgIpc) is 1.87. The molecular formula is C5H13NO4. The summed E-state index contributed by atoms with van der Waals surface area (Å²) in [5.74, 6) is 0. The third kappa shape index (κ3) is 3.76. The molecule has 0 aliphatic heterocycles. The Hall–Kier alpha value is -0.200. The van der Waals surface area contributed by atoms with Crippen LogP contribution in [0.3, 0.4) is 0 Å². The molecule has 2 atom stereocenters. The molecule has 0 aromatic heterocycles. The molecule has 6 N–H and O–H groups in total. The van der Waals surface area contributed by atoms with Crippen molar-refractivity contribution < 1.29 is 20.4 Å². The SMILES string of the molecule is NC(O)(CO)CC(O)CO. The Morgan fingerprint density at radius 1 is 1.40 bits per heavy atom. The van der Waals surface area contributed by atoms with E-state index in [9.17, 15) is 0 Å². The lowest BCUT2D eigenvalue weighted by Crippen LogP contribution is -2.46. The second kappa shape index (κ2) is 3.85. The predicted octanol–water partition coefficient (Wildman–Crippen LogP) is -2.63. The van der Waals surface area contributed by atoms with Crippen LogP contribution in [-0.2, 0) is 0 Å². The minimum Gasteiger partial charge on any atom is -0.394 e. The fourth-order valence-corrected chi connectivity index (χ4v) is 0.537. The van der Waals surface area contributed by atoms with Gasteiger partial charge in [0.1, 0.15) is 5.72 Å². The van der Waals surface area contributed by atoms with Crippen LogP contribution in [-0.4, -0.2) is 45.5 Å². The number of aliphatic hydroxyl groups excluding tert-OH is 3. The van der Waals surface area contributed by atoms with Gasteiger partial charge >= 0.3 is 0 Å². The Balaban J connectivity index is 3.64. The first-order valence-corrected chi connectivity index (χ1v) is 2.93. The van der Waals surface area contributed by atoms with Crippen molar-refractivity contribution in [1.29, 1.82) is 0 Å². The van der Waals surface area contributed by atoms with Gasteiger partial charge in [0, 0.05) is 6.42 Å². The van der Waals surface area contributed by atoms with Crippen molar-refractivity contribution in [3.8, 4) is 0 Å². The summed E-state index contributed by atoms with van der Waals surface area (Å²) in [5, 5.41) is 34.3. The fourth-order valence-electron chi connectivity index (χ4n) is 0.537. The molecule has 0 saturated heterocycles. The van der Waals surface area contributed by atoms with Gasteiger partial charge in [-0.2, -0.15) is 0 Å². The highest BCUT2D eigenvalue weighted by Gasteiger charge is 2.23. The van der Waals surface area contributed by atoms with E-state index in [0.29, 0.717) is 0 Å². The molecular weight excluding hydrogens is 138 g/mol. The summed E-state index contributed by atoms with van der Waals surface area (Å²) in [5.41, 5.74) is 3.24. The van der Waals surface area contributed by atoms with Crippen LogP contribution >= 0.6 is 0 Å². The molecule has 0 spiro atoms. The van der Waals surface area contributed by atoms with Gasteiger partial charge in [-0.05, 0) is 0 Å². The zero-order chi connectivity index (χ0) is 8.20. The predicted molar refractivity (Wildman–Crippen MR) is 33.9 cm³/mol. The summed E-state index contributed by atoms with van der Waals surface area (Å²) in [4.78, 5) is 0. The van der Waals surface area contributed by atoms with Crippen molar-refractivity contribution in [3.05, 3.63) is 0 Å². The molecule has 0 amide bonds. The minimum absolute atomic E-state index is 0.236. The molecule has 0 aliphatic carbocycles. The molecule has 0 fully saturated rings. The molecule has 0 heterocycles. The first-order valence-electron chi connectivity index (χ1n) is 2.93. The lowest BCUT2D eigenvalue weighted by atomic mass is 10.1. The average molecular weight is 151 g/mol. The highest BCUT2D eigenvalue weighted by Crippen LogP contribution is 2.03. The molecule has 62 valence electrons. The molecule has 0 aliphatic rings. The molecule has 5 nitrogen and oxygen atoms in total. The van der Waals surface area contributed by atoms with Gasteiger partial charge in [0.25, 0.3) is 0 Å². The standard InChI is InChI=1S/C5H13NO4/c6-5(10,3-8)1-4(9)2-7/h4,7-10H,1-3,6H2. The van der Waals surface area contributed by atoms with E-state index in [1.165, 1.54) is 0 Å². The second-order valence-corrected chi connectivity index (χ2v) is 2.30. The van der Waals surface area contributed by atoms with Crippen molar-refractivity contribution in [2.75, 3.05) is 13.2 Å². The number of hydrogen-bond donors (Lipinski definition) is 5. The van der Waals surface area contributed by atoms with Crippen molar-refractivity contribution in [3.63, 3.8) is 0 Å². The number of nitrogens with two attached hydrogens (primary N) is 1. The summed E-state index contributed by atoms with van der Waals surface area (Å²) in [7, 11) is 0. The van der Waals surface area contributed by atoms with Crippen LogP contribution in [0.15, 0.2) is 0 Å². The molecule has 5 heteroatoms. The number of hydrogen-bond acceptors (Lipinski definition) is 5. The van der Waals surface area contributed by atoms with Crippen molar-refractivity contribution in [1.82, 2.24) is 0 Å². The summed E-state index contributed by atoms with van der Waals surface area (Å²) in [6.45, 7) is -1.11. The third-order valence-corrected chi connectivity index (χ3v) is 1.07. The van der Waals surface area contributed by atoms with E-state index < -0.39 is 25.0 Å². The van der Waals surface area contributed by atoms with E-state index >= 15 is 0 Å². The molecule has 10 heavy (non-hydrogen) atoms. The number of rotatable bonds is 4. The topological polar surface area (TPSA) is 107 Å². The van der Waals surface area contributed by atoms with Gasteiger partial charge in [-0.15, -0.1) is 0 Å². The van der Waals surface area contributed by atoms with E-state index in [1.807, 2.05) is 0 Å². The van der Waals surface area contributed by atoms with Crippen LogP contribution in [0, 0.1) is 0 Å². The van der Waals surface area contributed by atoms with Gasteiger partial charge < -0.3 is 26.2 Å². The normalized spacial score (nSPS) is 20.1. The Labute approximate surface area is 58.7 Å². The van der Waals surface area contributed by atoms with Crippen LogP contribution in [0.1, 0.15) is 6.42 Å². The van der Waals surface area contributed by atoms with Gasteiger partial charge in [0.15, 0.2) is 0 Å². The van der Waals surface area contributed by atoms with E-state index in [2.05, 4.69) is 0 Å². The summed E-state index contributed by atoms with van der Waals surface area (Å²) in [6, 6.07) is 0. The third-order valence-electron chi connectivity index (χ3n) is 1.07. The van der Waals surface area contributed by atoms with Gasteiger partial charge in [-0.25, -0.2) is 0 Å². The maximum atomic E-state index is 8.88. The fraction of sp³-hybridized carbons (Fsp3) is 1.00. The largest absolute Gasteiger partial charge is 0.394 e. The molecule has 0 radical (unpaired) electrons. The monoisotopic (exact) mass is 151 g/mol. The van der Waals surface area contributed by atoms with Crippen LogP contribution < -0.4 is 5.73 Å². The summed E-state index contributed by atoms with van der Waals surface area (Å²) >= 11 is 0. The lowest BCUT2D eigenvalue weighted by molar-refractivity contribution is -0.0550. The Morgan fingerprint density at radius 2 is 1.90 bits per heavy atom. The highest BCUT2D eigenvalue weighted by atomic mass is 16.4. The van der Waals surface area contributed by atoms with E-state index in [1.54, 1.807) is 0 Å².